The summed E-state index contributed by atoms with van der Waals surface area (Å²) in [5.41, 5.74) is 10.2. The molecule has 0 atom stereocenters. The van der Waals surface area contributed by atoms with Crippen molar-refractivity contribution < 1.29 is 9.47 Å². The fourth-order valence-corrected chi connectivity index (χ4v) is 8.03. The van der Waals surface area contributed by atoms with Crippen LogP contribution in [0.5, 0.6) is 11.5 Å². The molecule has 9 aromatic rings. The molecule has 2 aliphatic rings. The van der Waals surface area contributed by atoms with Gasteiger partial charge in [0.1, 0.15) is 0 Å². The summed E-state index contributed by atoms with van der Waals surface area (Å²) < 4.78 is 15.3. The monoisotopic (exact) mass is 707 g/mol. The highest BCUT2D eigenvalue weighted by molar-refractivity contribution is 6.21. The number of hydrogen-bond acceptors (Lipinski definition) is 4. The normalized spacial score (nSPS) is 13.5. The number of nitrogens with zero attached hydrogens (tertiary/aromatic N) is 3. The van der Waals surface area contributed by atoms with Crippen molar-refractivity contribution in [3.8, 4) is 62.2 Å². The van der Waals surface area contributed by atoms with Gasteiger partial charge in [0, 0.05) is 39.2 Å². The van der Waals surface area contributed by atoms with Crippen LogP contribution in [-0.2, 0) is 0 Å². The maximum absolute atomic E-state index is 6.48. The van der Waals surface area contributed by atoms with E-state index in [2.05, 4.69) is 144 Å². The van der Waals surface area contributed by atoms with Gasteiger partial charge in [0.05, 0.1) is 22.4 Å². The molecule has 1 aliphatic carbocycles. The van der Waals surface area contributed by atoms with Crippen molar-refractivity contribution in [2.24, 2.45) is 0 Å². The third kappa shape index (κ3) is 5.40. The van der Waals surface area contributed by atoms with Gasteiger partial charge in [0.2, 0.25) is 0 Å². The van der Waals surface area contributed by atoms with E-state index in [-0.39, 0.29) is 0 Å². The molecule has 0 saturated carbocycles. The summed E-state index contributed by atoms with van der Waals surface area (Å²) in [5.74, 6) is 3.75. The Kier molecular flexibility index (Phi) is 7.24. The first-order valence-electron chi connectivity index (χ1n) is 18.7. The van der Waals surface area contributed by atoms with Crippen molar-refractivity contribution in [2.45, 2.75) is 12.8 Å². The first kappa shape index (κ1) is 31.3. The van der Waals surface area contributed by atoms with Crippen molar-refractivity contribution in [3.05, 3.63) is 187 Å². The third-order valence-electron chi connectivity index (χ3n) is 10.7. The summed E-state index contributed by atoms with van der Waals surface area (Å²) in [6.07, 6.45) is 6.13. The van der Waals surface area contributed by atoms with Crippen molar-refractivity contribution in [3.63, 3.8) is 0 Å². The highest BCUT2D eigenvalue weighted by Crippen LogP contribution is 2.46. The number of allylic oxidation sites excluding steroid dienone is 2. The Morgan fingerprint density at radius 2 is 1.04 bits per heavy atom. The first-order chi connectivity index (χ1) is 27.2. The van der Waals surface area contributed by atoms with Gasteiger partial charge in [-0.05, 0) is 83.3 Å². The van der Waals surface area contributed by atoms with Crippen molar-refractivity contribution in [2.75, 3.05) is 0 Å². The molecule has 1 aliphatic heterocycles. The predicted octanol–water partition coefficient (Wildman–Crippen LogP) is 12.7. The lowest BCUT2D eigenvalue weighted by atomic mass is 10.0. The van der Waals surface area contributed by atoms with Gasteiger partial charge in [0.25, 0.3) is 0 Å². The summed E-state index contributed by atoms with van der Waals surface area (Å²) in [5, 5.41) is 4.71. The van der Waals surface area contributed by atoms with Gasteiger partial charge in [-0.2, -0.15) is 0 Å². The molecular weight excluding hydrogens is 675 g/mol. The molecule has 3 heterocycles. The Bertz CT molecular complexity index is 2980. The molecule has 0 amide bonds. The number of fused-ring (bicyclic) bond motifs is 7. The van der Waals surface area contributed by atoms with E-state index >= 15 is 0 Å². The van der Waals surface area contributed by atoms with E-state index in [0.717, 1.165) is 97.2 Å². The summed E-state index contributed by atoms with van der Waals surface area (Å²) in [4.78, 5) is 10.2. The highest BCUT2D eigenvalue weighted by Gasteiger charge is 2.26. The van der Waals surface area contributed by atoms with Crippen molar-refractivity contribution in [1.82, 2.24) is 14.5 Å². The molecule has 5 heteroatoms. The molecule has 0 N–H and O–H groups in total. The second kappa shape index (κ2) is 12.7. The Morgan fingerprint density at radius 1 is 0.436 bits per heavy atom. The zero-order chi connectivity index (χ0) is 36.3. The van der Waals surface area contributed by atoms with Crippen LogP contribution in [0.1, 0.15) is 12.8 Å². The van der Waals surface area contributed by atoms with Gasteiger partial charge in [-0.15, -0.1) is 0 Å². The largest absolute Gasteiger partial charge is 0.450 e. The maximum Gasteiger partial charge on any atom is 0.172 e. The van der Waals surface area contributed by atoms with E-state index < -0.39 is 0 Å². The van der Waals surface area contributed by atoms with Crippen LogP contribution in [0.15, 0.2) is 187 Å². The maximum atomic E-state index is 6.48. The minimum atomic E-state index is 0.686. The molecule has 0 unspecified atom stereocenters. The van der Waals surface area contributed by atoms with E-state index in [1.807, 2.05) is 36.4 Å². The van der Waals surface area contributed by atoms with Crippen LogP contribution in [0.2, 0.25) is 0 Å². The SMILES string of the molecule is C1=C2Oc3cc4c5c6ccccc6ccc5n(-c5cccc(-c6cccc(-c7nc(-c8ccccc8)cc(-c8ccccc8)n7)c6)c5)c4cc3OC2=CCC1. The second-order valence-electron chi connectivity index (χ2n) is 14.1. The summed E-state index contributed by atoms with van der Waals surface area (Å²) >= 11 is 0. The Hall–Kier alpha value is -7.24. The van der Waals surface area contributed by atoms with Crippen LogP contribution < -0.4 is 9.47 Å². The lowest BCUT2D eigenvalue weighted by Gasteiger charge is -2.25. The first-order valence-corrected chi connectivity index (χ1v) is 18.7. The van der Waals surface area contributed by atoms with Crippen LogP contribution in [0, 0.1) is 0 Å². The van der Waals surface area contributed by atoms with Gasteiger partial charge in [-0.3, -0.25) is 0 Å². The molecule has 0 saturated heterocycles. The molecule has 2 aromatic heterocycles. The number of rotatable bonds is 5. The van der Waals surface area contributed by atoms with E-state index in [0.29, 0.717) is 5.82 Å². The van der Waals surface area contributed by atoms with Crippen LogP contribution >= 0.6 is 0 Å². The molecule has 260 valence electrons. The summed E-state index contributed by atoms with van der Waals surface area (Å²) in [6, 6.07) is 57.3. The summed E-state index contributed by atoms with van der Waals surface area (Å²) in [7, 11) is 0. The standard InChI is InChI=1S/C50H33N3O2/c1-3-14-33(15-4-1)41-30-42(34-16-5-2-6-17-34)52-50(51-41)37-20-11-18-35(27-37)36-19-12-21-38(28-36)53-43-26-25-32-13-7-8-22-39(32)49(43)40-29-47-48(31-44(40)53)55-46-24-10-9-23-45(46)54-47/h1-8,11-31H,9-10H2. The highest BCUT2D eigenvalue weighted by atomic mass is 16.6. The number of hydrogen-bond donors (Lipinski definition) is 0. The van der Waals surface area contributed by atoms with E-state index in [4.69, 9.17) is 19.4 Å². The molecule has 0 fully saturated rings. The molecule has 0 spiro atoms. The Balaban J connectivity index is 1.06. The van der Waals surface area contributed by atoms with Crippen molar-refractivity contribution >= 4 is 32.6 Å². The number of ether oxygens (including phenoxy) is 2. The lowest BCUT2D eigenvalue weighted by molar-refractivity contribution is 0.289. The molecule has 5 nitrogen and oxygen atoms in total. The topological polar surface area (TPSA) is 49.2 Å². The minimum Gasteiger partial charge on any atom is -0.450 e. The average molecular weight is 708 g/mol. The molecule has 11 rings (SSSR count). The van der Waals surface area contributed by atoms with Crippen LogP contribution in [0.3, 0.4) is 0 Å². The van der Waals surface area contributed by atoms with Gasteiger partial charge < -0.3 is 14.0 Å². The molecular formula is C50H33N3O2. The van der Waals surface area contributed by atoms with Gasteiger partial charge >= 0.3 is 0 Å². The zero-order valence-electron chi connectivity index (χ0n) is 29.8. The van der Waals surface area contributed by atoms with Gasteiger partial charge in [0.15, 0.2) is 28.8 Å². The number of benzene rings is 7. The van der Waals surface area contributed by atoms with Crippen LogP contribution in [0.4, 0.5) is 0 Å². The Labute approximate surface area is 318 Å². The Morgan fingerprint density at radius 3 is 1.76 bits per heavy atom. The van der Waals surface area contributed by atoms with Crippen LogP contribution in [-0.4, -0.2) is 14.5 Å². The molecule has 0 radical (unpaired) electrons. The lowest BCUT2D eigenvalue weighted by Crippen LogP contribution is -2.14. The van der Waals surface area contributed by atoms with Crippen molar-refractivity contribution in [1.29, 1.82) is 0 Å². The quantitative estimate of drug-likeness (QED) is 0.179. The molecule has 55 heavy (non-hydrogen) atoms. The van der Waals surface area contributed by atoms with E-state index in [1.54, 1.807) is 0 Å². The summed E-state index contributed by atoms with van der Waals surface area (Å²) in [6.45, 7) is 0. The van der Waals surface area contributed by atoms with E-state index in [1.165, 1.54) is 16.2 Å². The zero-order valence-corrected chi connectivity index (χ0v) is 29.8. The van der Waals surface area contributed by atoms with E-state index in [9.17, 15) is 0 Å². The fraction of sp³-hybridized carbons (Fsp3) is 0.0400. The molecule has 7 aromatic carbocycles. The second-order valence-corrected chi connectivity index (χ2v) is 14.1. The predicted molar refractivity (Wildman–Crippen MR) is 222 cm³/mol. The minimum absolute atomic E-state index is 0.686. The van der Waals surface area contributed by atoms with Gasteiger partial charge in [-0.1, -0.05) is 121 Å². The molecule has 0 bridgehead atoms. The van der Waals surface area contributed by atoms with Gasteiger partial charge in [-0.25, -0.2) is 9.97 Å². The third-order valence-corrected chi connectivity index (χ3v) is 10.7. The smallest absolute Gasteiger partial charge is 0.172 e. The number of aromatic nitrogens is 3. The average Bonchev–Trinajstić information content (AvgIpc) is 3.58. The van der Waals surface area contributed by atoms with Crippen LogP contribution in [0.25, 0.3) is 83.3 Å². The fourth-order valence-electron chi connectivity index (χ4n) is 8.03.